The Morgan fingerprint density at radius 1 is 1.03 bits per heavy atom. The van der Waals surface area contributed by atoms with E-state index in [1.54, 1.807) is 51.2 Å². The Hall–Kier alpha value is -3.61. The molecule has 30 heavy (non-hydrogen) atoms. The fourth-order valence-electron chi connectivity index (χ4n) is 2.86. The number of hydrogen-bond donors (Lipinski definition) is 2. The van der Waals surface area contributed by atoms with Crippen molar-refractivity contribution < 1.29 is 14.3 Å². The maximum atomic E-state index is 12.6. The number of amides is 2. The number of ether oxygens (including phenoxy) is 1. The minimum atomic E-state index is -0.592. The van der Waals surface area contributed by atoms with Gasteiger partial charge in [-0.05, 0) is 56.2 Å². The molecule has 7 nitrogen and oxygen atoms in total. The van der Waals surface area contributed by atoms with Crippen LogP contribution in [0.5, 0.6) is 0 Å². The van der Waals surface area contributed by atoms with Gasteiger partial charge in [-0.3, -0.25) is 14.8 Å². The average Bonchev–Trinajstić information content (AvgIpc) is 3.18. The fraction of sp³-hybridized carbons (Fsp3) is 0.261. The summed E-state index contributed by atoms with van der Waals surface area (Å²) >= 11 is 0. The summed E-state index contributed by atoms with van der Waals surface area (Å²) in [6.07, 6.45) is 3.09. The highest BCUT2D eigenvalue weighted by atomic mass is 16.6. The topological polar surface area (TPSA) is 85.2 Å². The summed E-state index contributed by atoms with van der Waals surface area (Å²) in [6, 6.07) is 16.6. The molecule has 0 aliphatic rings. The zero-order valence-electron chi connectivity index (χ0n) is 17.4. The Kier molecular flexibility index (Phi) is 6.51. The van der Waals surface area contributed by atoms with Crippen molar-refractivity contribution >= 4 is 17.7 Å². The molecule has 3 rings (SSSR count). The van der Waals surface area contributed by atoms with Crippen LogP contribution in [-0.4, -0.2) is 27.4 Å². The number of carbonyl (C=O) groups is 2. The molecule has 0 bridgehead atoms. The maximum absolute atomic E-state index is 12.6. The van der Waals surface area contributed by atoms with Gasteiger partial charge < -0.3 is 10.1 Å². The van der Waals surface area contributed by atoms with E-state index < -0.39 is 11.7 Å². The van der Waals surface area contributed by atoms with Gasteiger partial charge in [0.25, 0.3) is 5.91 Å². The lowest BCUT2D eigenvalue weighted by Gasteiger charge is -2.19. The SMILES string of the molecule is CC(C)(C)OC(=O)Nc1cccc(C(=O)NCc2cccc(Cn3cccn3)c2)c1. The van der Waals surface area contributed by atoms with Crippen molar-refractivity contribution in [2.75, 3.05) is 5.32 Å². The molecule has 2 aromatic carbocycles. The van der Waals surface area contributed by atoms with E-state index in [4.69, 9.17) is 4.74 Å². The lowest BCUT2D eigenvalue weighted by atomic mass is 10.1. The van der Waals surface area contributed by atoms with Crippen LogP contribution in [0.4, 0.5) is 10.5 Å². The van der Waals surface area contributed by atoms with Gasteiger partial charge in [-0.1, -0.05) is 30.3 Å². The molecule has 2 amide bonds. The van der Waals surface area contributed by atoms with E-state index in [1.165, 1.54) is 0 Å². The zero-order valence-corrected chi connectivity index (χ0v) is 17.4. The summed E-state index contributed by atoms with van der Waals surface area (Å²) in [7, 11) is 0. The molecule has 0 spiro atoms. The van der Waals surface area contributed by atoms with Crippen molar-refractivity contribution in [3.63, 3.8) is 0 Å². The lowest BCUT2D eigenvalue weighted by Crippen LogP contribution is -2.27. The van der Waals surface area contributed by atoms with Crippen LogP contribution in [0.2, 0.25) is 0 Å². The summed E-state index contributed by atoms with van der Waals surface area (Å²) < 4.78 is 7.09. The van der Waals surface area contributed by atoms with Gasteiger partial charge in [0.2, 0.25) is 0 Å². The lowest BCUT2D eigenvalue weighted by molar-refractivity contribution is 0.0635. The van der Waals surface area contributed by atoms with Gasteiger partial charge in [0.05, 0.1) is 6.54 Å². The molecule has 0 saturated carbocycles. The van der Waals surface area contributed by atoms with Crippen molar-refractivity contribution in [1.82, 2.24) is 15.1 Å². The largest absolute Gasteiger partial charge is 0.444 e. The van der Waals surface area contributed by atoms with Crippen LogP contribution in [0.3, 0.4) is 0 Å². The third kappa shape index (κ3) is 6.48. The van der Waals surface area contributed by atoms with E-state index in [0.717, 1.165) is 11.1 Å². The normalized spacial score (nSPS) is 11.0. The fourth-order valence-corrected chi connectivity index (χ4v) is 2.86. The minimum Gasteiger partial charge on any atom is -0.444 e. The predicted molar refractivity (Wildman–Crippen MR) is 115 cm³/mol. The molecular weight excluding hydrogens is 380 g/mol. The smallest absolute Gasteiger partial charge is 0.412 e. The monoisotopic (exact) mass is 406 g/mol. The number of carbonyl (C=O) groups excluding carboxylic acids is 2. The van der Waals surface area contributed by atoms with Crippen LogP contribution in [0.15, 0.2) is 67.0 Å². The second kappa shape index (κ2) is 9.26. The summed E-state index contributed by atoms with van der Waals surface area (Å²) in [5.41, 5.74) is 2.46. The molecule has 1 aromatic heterocycles. The Morgan fingerprint density at radius 2 is 1.80 bits per heavy atom. The molecule has 156 valence electrons. The standard InChI is InChI=1S/C23H26N4O3/c1-23(2,3)30-22(29)26-20-10-5-9-19(14-20)21(28)24-15-17-7-4-8-18(13-17)16-27-12-6-11-25-27/h4-14H,15-16H2,1-3H3,(H,24,28)(H,26,29). The number of benzene rings is 2. The quantitative estimate of drug-likeness (QED) is 0.642. The summed E-state index contributed by atoms with van der Waals surface area (Å²) in [4.78, 5) is 24.5. The first kappa shape index (κ1) is 21.1. The average molecular weight is 406 g/mol. The number of nitrogens with zero attached hydrogens (tertiary/aromatic N) is 2. The number of nitrogens with one attached hydrogen (secondary N) is 2. The van der Waals surface area contributed by atoms with Crippen LogP contribution in [-0.2, 0) is 17.8 Å². The van der Waals surface area contributed by atoms with Crippen LogP contribution in [0.25, 0.3) is 0 Å². The van der Waals surface area contributed by atoms with Crippen LogP contribution >= 0.6 is 0 Å². The van der Waals surface area contributed by atoms with Gasteiger partial charge in [-0.2, -0.15) is 5.10 Å². The summed E-state index contributed by atoms with van der Waals surface area (Å²) in [5, 5.41) is 9.77. The predicted octanol–water partition coefficient (Wildman–Crippen LogP) is 4.21. The highest BCUT2D eigenvalue weighted by Gasteiger charge is 2.16. The third-order valence-corrected chi connectivity index (χ3v) is 4.12. The van der Waals surface area contributed by atoms with Gasteiger partial charge in [0.15, 0.2) is 0 Å². The first-order valence-electron chi connectivity index (χ1n) is 9.72. The van der Waals surface area contributed by atoms with E-state index in [9.17, 15) is 9.59 Å². The van der Waals surface area contributed by atoms with E-state index in [1.807, 2.05) is 41.2 Å². The van der Waals surface area contributed by atoms with Crippen LogP contribution in [0, 0.1) is 0 Å². The van der Waals surface area contributed by atoms with E-state index in [2.05, 4.69) is 15.7 Å². The van der Waals surface area contributed by atoms with Crippen molar-refractivity contribution in [1.29, 1.82) is 0 Å². The summed E-state index contributed by atoms with van der Waals surface area (Å²) in [6.45, 7) is 6.45. The molecule has 0 aliphatic carbocycles. The molecule has 3 aromatic rings. The van der Waals surface area contributed by atoms with E-state index >= 15 is 0 Å². The minimum absolute atomic E-state index is 0.222. The number of aromatic nitrogens is 2. The third-order valence-electron chi connectivity index (χ3n) is 4.12. The molecular formula is C23H26N4O3. The molecule has 0 radical (unpaired) electrons. The van der Waals surface area contributed by atoms with E-state index in [0.29, 0.717) is 24.3 Å². The molecule has 0 saturated heterocycles. The van der Waals surface area contributed by atoms with Crippen molar-refractivity contribution in [3.05, 3.63) is 83.7 Å². The number of rotatable bonds is 6. The second-order valence-corrected chi connectivity index (χ2v) is 7.91. The van der Waals surface area contributed by atoms with Crippen molar-refractivity contribution in [2.45, 2.75) is 39.5 Å². The Balaban J connectivity index is 1.58. The number of hydrogen-bond acceptors (Lipinski definition) is 4. The maximum Gasteiger partial charge on any atom is 0.412 e. The van der Waals surface area contributed by atoms with Crippen LogP contribution < -0.4 is 10.6 Å². The van der Waals surface area contributed by atoms with Crippen molar-refractivity contribution in [3.8, 4) is 0 Å². The highest BCUT2D eigenvalue weighted by molar-refractivity contribution is 5.96. The molecule has 2 N–H and O–H groups in total. The van der Waals surface area contributed by atoms with E-state index in [-0.39, 0.29) is 5.91 Å². The first-order chi connectivity index (χ1) is 14.3. The molecule has 0 fully saturated rings. The molecule has 0 atom stereocenters. The van der Waals surface area contributed by atoms with Gasteiger partial charge >= 0.3 is 6.09 Å². The van der Waals surface area contributed by atoms with Gasteiger partial charge in [-0.25, -0.2) is 4.79 Å². The molecule has 0 aliphatic heterocycles. The van der Waals surface area contributed by atoms with Gasteiger partial charge in [0.1, 0.15) is 5.60 Å². The van der Waals surface area contributed by atoms with Gasteiger partial charge in [-0.15, -0.1) is 0 Å². The summed E-state index contributed by atoms with van der Waals surface area (Å²) in [5.74, 6) is -0.222. The zero-order chi connectivity index (χ0) is 21.6. The first-order valence-corrected chi connectivity index (χ1v) is 9.72. The number of anilines is 1. The second-order valence-electron chi connectivity index (χ2n) is 7.91. The molecule has 0 unspecified atom stereocenters. The Morgan fingerprint density at radius 3 is 2.53 bits per heavy atom. The van der Waals surface area contributed by atoms with Crippen molar-refractivity contribution in [2.24, 2.45) is 0 Å². The Labute approximate surface area is 176 Å². The molecule has 7 heteroatoms. The van der Waals surface area contributed by atoms with Gasteiger partial charge in [0, 0.05) is 30.2 Å². The Bertz CT molecular complexity index is 1010. The molecule has 1 heterocycles. The van der Waals surface area contributed by atoms with Crippen LogP contribution in [0.1, 0.15) is 42.3 Å². The highest BCUT2D eigenvalue weighted by Crippen LogP contribution is 2.14.